The predicted molar refractivity (Wildman–Crippen MR) is 48.0 cm³/mol. The molecule has 0 aliphatic heterocycles. The van der Waals surface area contributed by atoms with Crippen molar-refractivity contribution in [2.45, 2.75) is 18.4 Å². The molecule has 1 saturated carbocycles. The molecule has 1 fully saturated rings. The van der Waals surface area contributed by atoms with Crippen LogP contribution in [0.25, 0.3) is 0 Å². The standard InChI is InChI=1S/C9H7F2N4/c10-9(11)2-1-7(9)15-8-6(5-12)13-3-4-14-8/h2-4,7H,1H2,(H,14,15)/t7-/m0/s1. The predicted octanol–water partition coefficient (Wildman–Crippen LogP) is 1.37. The minimum atomic E-state index is -2.83. The van der Waals surface area contributed by atoms with E-state index in [1.54, 1.807) is 6.07 Å². The quantitative estimate of drug-likeness (QED) is 0.799. The lowest BCUT2D eigenvalue weighted by Gasteiger charge is -2.36. The molecule has 1 heterocycles. The topological polar surface area (TPSA) is 61.6 Å². The van der Waals surface area contributed by atoms with Crippen LogP contribution in [0, 0.1) is 17.8 Å². The Balaban J connectivity index is 2.15. The van der Waals surface area contributed by atoms with Gasteiger partial charge in [0.1, 0.15) is 6.07 Å². The fourth-order valence-corrected chi connectivity index (χ4v) is 1.26. The molecule has 2 rings (SSSR count). The number of halogens is 2. The van der Waals surface area contributed by atoms with Crippen molar-refractivity contribution in [3.63, 3.8) is 0 Å². The van der Waals surface area contributed by atoms with E-state index < -0.39 is 12.0 Å². The van der Waals surface area contributed by atoms with Gasteiger partial charge < -0.3 is 5.32 Å². The van der Waals surface area contributed by atoms with Gasteiger partial charge in [0.2, 0.25) is 0 Å². The number of hydrogen-bond acceptors (Lipinski definition) is 4. The van der Waals surface area contributed by atoms with E-state index in [0.717, 1.165) is 6.42 Å². The molecule has 6 heteroatoms. The van der Waals surface area contributed by atoms with Crippen molar-refractivity contribution in [1.29, 1.82) is 5.26 Å². The highest BCUT2D eigenvalue weighted by Gasteiger charge is 2.49. The van der Waals surface area contributed by atoms with Gasteiger partial charge in [-0.2, -0.15) is 5.26 Å². The SMILES string of the molecule is N#Cc1nccnc1N[C@H]1C[CH]C1(F)F. The van der Waals surface area contributed by atoms with Gasteiger partial charge in [0.15, 0.2) is 11.5 Å². The Bertz CT molecular complexity index is 413. The van der Waals surface area contributed by atoms with Crippen molar-refractivity contribution in [2.75, 3.05) is 5.32 Å². The summed E-state index contributed by atoms with van der Waals surface area (Å²) in [5.74, 6) is -2.72. The number of aromatic nitrogens is 2. The first-order chi connectivity index (χ1) is 7.13. The highest BCUT2D eigenvalue weighted by atomic mass is 19.3. The molecule has 4 nitrogen and oxygen atoms in total. The summed E-state index contributed by atoms with van der Waals surface area (Å²) in [7, 11) is 0. The second-order valence-electron chi connectivity index (χ2n) is 3.18. The molecule has 0 unspecified atom stereocenters. The molecular weight excluding hydrogens is 202 g/mol. The van der Waals surface area contributed by atoms with E-state index in [1.807, 2.05) is 0 Å². The molecular formula is C9H7F2N4. The number of anilines is 1. The molecule has 1 aliphatic carbocycles. The Hall–Kier alpha value is -1.77. The second-order valence-corrected chi connectivity index (χ2v) is 3.18. The monoisotopic (exact) mass is 209 g/mol. The van der Waals surface area contributed by atoms with Gasteiger partial charge in [0.05, 0.1) is 6.04 Å². The van der Waals surface area contributed by atoms with Gasteiger partial charge in [-0.1, -0.05) is 0 Å². The fourth-order valence-electron chi connectivity index (χ4n) is 1.26. The molecule has 15 heavy (non-hydrogen) atoms. The molecule has 1 atom stereocenters. The van der Waals surface area contributed by atoms with Crippen LogP contribution in [0.3, 0.4) is 0 Å². The molecule has 1 aromatic rings. The van der Waals surface area contributed by atoms with Crippen LogP contribution < -0.4 is 5.32 Å². The van der Waals surface area contributed by atoms with Crippen LogP contribution in [0.5, 0.6) is 0 Å². The summed E-state index contributed by atoms with van der Waals surface area (Å²) in [4.78, 5) is 7.51. The first-order valence-electron chi connectivity index (χ1n) is 4.33. The highest BCUT2D eigenvalue weighted by Crippen LogP contribution is 2.38. The minimum absolute atomic E-state index is 0.0280. The van der Waals surface area contributed by atoms with Crippen LogP contribution in [-0.4, -0.2) is 21.9 Å². The van der Waals surface area contributed by atoms with Crippen molar-refractivity contribution >= 4 is 5.82 Å². The van der Waals surface area contributed by atoms with Gasteiger partial charge in [-0.05, 0) is 6.42 Å². The van der Waals surface area contributed by atoms with Crippen LogP contribution in [0.15, 0.2) is 12.4 Å². The van der Waals surface area contributed by atoms with Crippen LogP contribution >= 0.6 is 0 Å². The first kappa shape index (κ1) is 9.77. The molecule has 0 bridgehead atoms. The van der Waals surface area contributed by atoms with Gasteiger partial charge in [-0.3, -0.25) is 0 Å². The zero-order valence-electron chi connectivity index (χ0n) is 7.61. The highest BCUT2D eigenvalue weighted by molar-refractivity contribution is 5.48. The summed E-state index contributed by atoms with van der Waals surface area (Å²) >= 11 is 0. The van der Waals surface area contributed by atoms with Crippen molar-refractivity contribution in [1.82, 2.24) is 9.97 Å². The van der Waals surface area contributed by atoms with Gasteiger partial charge in [0, 0.05) is 18.8 Å². The maximum atomic E-state index is 12.9. The van der Waals surface area contributed by atoms with Gasteiger partial charge in [0.25, 0.3) is 5.92 Å². The van der Waals surface area contributed by atoms with Gasteiger partial charge in [-0.25, -0.2) is 18.7 Å². The summed E-state index contributed by atoms with van der Waals surface area (Å²) in [6, 6.07) is 0.800. The molecule has 1 aliphatic rings. The van der Waals surface area contributed by atoms with E-state index in [9.17, 15) is 8.78 Å². The van der Waals surface area contributed by atoms with E-state index in [2.05, 4.69) is 15.3 Å². The zero-order chi connectivity index (χ0) is 10.9. The van der Waals surface area contributed by atoms with Crippen molar-refractivity contribution in [2.24, 2.45) is 0 Å². The third kappa shape index (κ3) is 1.73. The van der Waals surface area contributed by atoms with Crippen LogP contribution in [0.1, 0.15) is 12.1 Å². The summed E-state index contributed by atoms with van der Waals surface area (Å²) in [6.45, 7) is 0. The Kier molecular flexibility index (Phi) is 2.23. The third-order valence-corrected chi connectivity index (χ3v) is 2.21. The lowest BCUT2D eigenvalue weighted by molar-refractivity contribution is -0.0309. The summed E-state index contributed by atoms with van der Waals surface area (Å²) in [6.07, 6.45) is 3.87. The average molecular weight is 209 g/mol. The molecule has 1 radical (unpaired) electrons. The molecule has 0 saturated heterocycles. The maximum absolute atomic E-state index is 12.9. The largest absolute Gasteiger partial charge is 0.359 e. The van der Waals surface area contributed by atoms with Gasteiger partial charge >= 0.3 is 0 Å². The first-order valence-corrected chi connectivity index (χ1v) is 4.33. The number of alkyl halides is 2. The number of nitriles is 1. The maximum Gasteiger partial charge on any atom is 0.271 e. The third-order valence-electron chi connectivity index (χ3n) is 2.21. The summed E-state index contributed by atoms with van der Waals surface area (Å²) in [5.41, 5.74) is 0.0280. The Morgan fingerprint density at radius 3 is 2.73 bits per heavy atom. The van der Waals surface area contributed by atoms with E-state index in [0.29, 0.717) is 0 Å². The summed E-state index contributed by atoms with van der Waals surface area (Å²) < 4.78 is 25.7. The Morgan fingerprint density at radius 1 is 1.47 bits per heavy atom. The van der Waals surface area contributed by atoms with E-state index in [1.165, 1.54) is 12.4 Å². The molecule has 0 amide bonds. The fraction of sp³-hybridized carbons (Fsp3) is 0.333. The van der Waals surface area contributed by atoms with E-state index in [-0.39, 0.29) is 17.9 Å². The van der Waals surface area contributed by atoms with Crippen LogP contribution in [0.4, 0.5) is 14.6 Å². The van der Waals surface area contributed by atoms with E-state index in [4.69, 9.17) is 5.26 Å². The average Bonchev–Trinajstić information content (AvgIpc) is 2.25. The molecule has 0 aromatic carbocycles. The zero-order valence-corrected chi connectivity index (χ0v) is 7.61. The lowest BCUT2D eigenvalue weighted by atomic mass is 9.88. The van der Waals surface area contributed by atoms with Crippen LogP contribution in [0.2, 0.25) is 0 Å². The van der Waals surface area contributed by atoms with Gasteiger partial charge in [-0.15, -0.1) is 0 Å². The molecule has 1 aromatic heterocycles. The van der Waals surface area contributed by atoms with Crippen molar-refractivity contribution in [3.8, 4) is 6.07 Å². The Morgan fingerprint density at radius 2 is 2.20 bits per heavy atom. The second kappa shape index (κ2) is 3.42. The number of nitrogens with zero attached hydrogens (tertiary/aromatic N) is 3. The minimum Gasteiger partial charge on any atom is -0.359 e. The summed E-state index contributed by atoms with van der Waals surface area (Å²) in [5, 5.41) is 11.2. The van der Waals surface area contributed by atoms with Crippen LogP contribution in [-0.2, 0) is 0 Å². The van der Waals surface area contributed by atoms with Crippen molar-refractivity contribution < 1.29 is 8.78 Å². The molecule has 1 N–H and O–H groups in total. The number of hydrogen-bond donors (Lipinski definition) is 1. The number of rotatable bonds is 2. The lowest BCUT2D eigenvalue weighted by Crippen LogP contribution is -2.50. The van der Waals surface area contributed by atoms with Crippen molar-refractivity contribution in [3.05, 3.63) is 24.5 Å². The molecule has 0 spiro atoms. The molecule has 77 valence electrons. The number of nitrogens with one attached hydrogen (secondary N) is 1. The smallest absolute Gasteiger partial charge is 0.271 e. The van der Waals surface area contributed by atoms with E-state index >= 15 is 0 Å². The normalized spacial score (nSPS) is 22.6. The Labute approximate surface area is 85.0 Å².